The molecule has 0 radical (unpaired) electrons. The van der Waals surface area contributed by atoms with E-state index >= 15 is 0 Å². The van der Waals surface area contributed by atoms with Crippen LogP contribution in [-0.2, 0) is 10.0 Å². The number of sulfonamides is 1. The van der Waals surface area contributed by atoms with Crippen molar-refractivity contribution in [3.8, 4) is 11.3 Å². The zero-order valence-corrected chi connectivity index (χ0v) is 13.9. The van der Waals surface area contributed by atoms with Gasteiger partial charge < -0.3 is 4.52 Å². The highest BCUT2D eigenvalue weighted by molar-refractivity contribution is 7.92. The summed E-state index contributed by atoms with van der Waals surface area (Å²) in [5.41, 5.74) is 2.03. The van der Waals surface area contributed by atoms with Crippen LogP contribution in [0, 0.1) is 19.7 Å². The summed E-state index contributed by atoms with van der Waals surface area (Å²) in [6, 6.07) is 12.0. The quantitative estimate of drug-likeness (QED) is 0.778. The average Bonchev–Trinajstić information content (AvgIpc) is 2.93. The minimum Gasteiger partial charge on any atom is -0.356 e. The Balaban J connectivity index is 2.01. The largest absolute Gasteiger partial charge is 0.356 e. The molecule has 1 N–H and O–H groups in total. The summed E-state index contributed by atoms with van der Waals surface area (Å²) in [5.74, 6) is -0.0347. The van der Waals surface area contributed by atoms with Gasteiger partial charge in [-0.15, -0.1) is 0 Å². The van der Waals surface area contributed by atoms with Crippen LogP contribution in [0.4, 0.5) is 10.1 Å². The van der Waals surface area contributed by atoms with Crippen molar-refractivity contribution in [1.82, 2.24) is 5.16 Å². The van der Waals surface area contributed by atoms with Gasteiger partial charge in [-0.25, -0.2) is 12.8 Å². The maximum atomic E-state index is 13.3. The summed E-state index contributed by atoms with van der Waals surface area (Å²) in [6.07, 6.45) is 0. The smallest absolute Gasteiger partial charge is 0.262 e. The van der Waals surface area contributed by atoms with Crippen molar-refractivity contribution in [1.29, 1.82) is 0 Å². The summed E-state index contributed by atoms with van der Waals surface area (Å²) < 4.78 is 46.1. The first-order chi connectivity index (χ1) is 11.3. The Morgan fingerprint density at radius 3 is 2.54 bits per heavy atom. The van der Waals surface area contributed by atoms with Gasteiger partial charge in [-0.05, 0) is 43.7 Å². The van der Waals surface area contributed by atoms with E-state index in [2.05, 4.69) is 9.88 Å². The zero-order chi connectivity index (χ0) is 17.3. The molecule has 0 saturated heterocycles. The highest BCUT2D eigenvalue weighted by Gasteiger charge is 2.19. The molecule has 124 valence electrons. The Kier molecular flexibility index (Phi) is 4.11. The highest BCUT2D eigenvalue weighted by atomic mass is 32.2. The highest BCUT2D eigenvalue weighted by Crippen LogP contribution is 2.27. The molecular formula is C17H15FN2O3S. The molecule has 0 saturated carbocycles. The minimum absolute atomic E-state index is 0.0957. The predicted molar refractivity (Wildman–Crippen MR) is 88.6 cm³/mol. The van der Waals surface area contributed by atoms with Gasteiger partial charge in [-0.2, -0.15) is 0 Å². The van der Waals surface area contributed by atoms with Crippen LogP contribution in [0.1, 0.15) is 11.3 Å². The molecule has 0 bridgehead atoms. The van der Waals surface area contributed by atoms with Crippen LogP contribution in [0.2, 0.25) is 0 Å². The predicted octanol–water partition coefficient (Wildman–Crippen LogP) is 3.90. The van der Waals surface area contributed by atoms with Crippen molar-refractivity contribution in [3.63, 3.8) is 0 Å². The van der Waals surface area contributed by atoms with Crippen LogP contribution in [0.15, 0.2) is 57.9 Å². The number of anilines is 1. The molecule has 2 aromatic carbocycles. The van der Waals surface area contributed by atoms with E-state index in [-0.39, 0.29) is 10.6 Å². The molecule has 5 nitrogen and oxygen atoms in total. The van der Waals surface area contributed by atoms with Crippen molar-refractivity contribution < 1.29 is 17.3 Å². The molecule has 0 atom stereocenters. The molecule has 0 aliphatic carbocycles. The number of hydrogen-bond acceptors (Lipinski definition) is 4. The standard InChI is InChI=1S/C17H15FN2O3S/c1-11-6-7-13(16-8-12(2)19-23-16)9-17(11)24(21,22)20-15-5-3-4-14(18)10-15/h3-10,20H,1-2H3. The molecule has 24 heavy (non-hydrogen) atoms. The second kappa shape index (κ2) is 6.09. The van der Waals surface area contributed by atoms with Gasteiger partial charge in [-0.3, -0.25) is 4.72 Å². The van der Waals surface area contributed by atoms with Gasteiger partial charge in [0.25, 0.3) is 10.0 Å². The molecule has 1 aromatic heterocycles. The number of aromatic nitrogens is 1. The van der Waals surface area contributed by atoms with E-state index in [1.54, 1.807) is 32.0 Å². The van der Waals surface area contributed by atoms with Crippen molar-refractivity contribution in [3.05, 3.63) is 65.6 Å². The lowest BCUT2D eigenvalue weighted by Gasteiger charge is -2.11. The van der Waals surface area contributed by atoms with Gasteiger partial charge in [-0.1, -0.05) is 23.4 Å². The monoisotopic (exact) mass is 346 g/mol. The second-order valence-electron chi connectivity index (χ2n) is 5.43. The third-order valence-corrected chi connectivity index (χ3v) is 4.99. The lowest BCUT2D eigenvalue weighted by molar-refractivity contribution is 0.427. The lowest BCUT2D eigenvalue weighted by Crippen LogP contribution is -2.14. The molecule has 3 rings (SSSR count). The Morgan fingerprint density at radius 1 is 1.08 bits per heavy atom. The fourth-order valence-electron chi connectivity index (χ4n) is 2.30. The number of benzene rings is 2. The van der Waals surface area contributed by atoms with Crippen LogP contribution in [0.25, 0.3) is 11.3 Å². The minimum atomic E-state index is -3.86. The fourth-order valence-corrected chi connectivity index (χ4v) is 3.63. The molecule has 1 heterocycles. The summed E-state index contributed by atoms with van der Waals surface area (Å²) in [5, 5.41) is 3.80. The third kappa shape index (κ3) is 3.30. The molecule has 3 aromatic rings. The van der Waals surface area contributed by atoms with Crippen molar-refractivity contribution >= 4 is 15.7 Å². The van der Waals surface area contributed by atoms with Crippen molar-refractivity contribution in [2.75, 3.05) is 4.72 Å². The van der Waals surface area contributed by atoms with Crippen molar-refractivity contribution in [2.45, 2.75) is 18.7 Å². The Labute approximate surface area is 139 Å². The number of halogens is 1. The molecule has 0 unspecified atom stereocenters. The Bertz CT molecular complexity index is 997. The van der Waals surface area contributed by atoms with Gasteiger partial charge in [0.15, 0.2) is 5.76 Å². The van der Waals surface area contributed by atoms with Gasteiger partial charge in [0.05, 0.1) is 16.3 Å². The molecular weight excluding hydrogens is 331 g/mol. The summed E-state index contributed by atoms with van der Waals surface area (Å²) in [4.78, 5) is 0.0957. The SMILES string of the molecule is Cc1cc(-c2ccc(C)c(S(=O)(=O)Nc3cccc(F)c3)c2)on1. The van der Waals surface area contributed by atoms with Gasteiger partial charge in [0, 0.05) is 11.6 Å². The Hall–Kier alpha value is -2.67. The third-order valence-electron chi connectivity index (χ3n) is 3.47. The van der Waals surface area contributed by atoms with E-state index in [4.69, 9.17) is 4.52 Å². The summed E-state index contributed by atoms with van der Waals surface area (Å²) in [6.45, 7) is 3.47. The van der Waals surface area contributed by atoms with Gasteiger partial charge >= 0.3 is 0 Å². The van der Waals surface area contributed by atoms with Crippen LogP contribution < -0.4 is 4.72 Å². The first-order valence-corrected chi connectivity index (χ1v) is 8.66. The van der Waals surface area contributed by atoms with E-state index < -0.39 is 15.8 Å². The topological polar surface area (TPSA) is 72.2 Å². The van der Waals surface area contributed by atoms with Crippen LogP contribution >= 0.6 is 0 Å². The first kappa shape index (κ1) is 16.2. The molecule has 0 aliphatic rings. The summed E-state index contributed by atoms with van der Waals surface area (Å²) in [7, 11) is -3.86. The Morgan fingerprint density at radius 2 is 1.88 bits per heavy atom. The van der Waals surface area contributed by atoms with E-state index in [1.807, 2.05) is 0 Å². The van der Waals surface area contributed by atoms with Crippen LogP contribution in [0.5, 0.6) is 0 Å². The van der Waals surface area contributed by atoms with Crippen molar-refractivity contribution in [2.24, 2.45) is 0 Å². The maximum Gasteiger partial charge on any atom is 0.262 e. The van der Waals surface area contributed by atoms with E-state index in [1.165, 1.54) is 24.3 Å². The number of nitrogens with one attached hydrogen (secondary N) is 1. The number of rotatable bonds is 4. The fraction of sp³-hybridized carbons (Fsp3) is 0.118. The van der Waals surface area contributed by atoms with Crippen LogP contribution in [-0.4, -0.2) is 13.6 Å². The molecule has 0 aliphatic heterocycles. The lowest BCUT2D eigenvalue weighted by atomic mass is 10.1. The normalized spacial score (nSPS) is 11.5. The van der Waals surface area contributed by atoms with E-state index in [0.717, 1.165) is 6.07 Å². The molecule has 7 heteroatoms. The first-order valence-electron chi connectivity index (χ1n) is 7.18. The van der Waals surface area contributed by atoms with E-state index in [9.17, 15) is 12.8 Å². The summed E-state index contributed by atoms with van der Waals surface area (Å²) >= 11 is 0. The maximum absolute atomic E-state index is 13.3. The van der Waals surface area contributed by atoms with Crippen LogP contribution in [0.3, 0.4) is 0 Å². The van der Waals surface area contributed by atoms with Gasteiger partial charge in [0.2, 0.25) is 0 Å². The number of hydrogen-bond donors (Lipinski definition) is 1. The van der Waals surface area contributed by atoms with Gasteiger partial charge in [0.1, 0.15) is 5.82 Å². The molecule has 0 spiro atoms. The molecule has 0 fully saturated rings. The van der Waals surface area contributed by atoms with E-state index in [0.29, 0.717) is 22.6 Å². The number of aryl methyl sites for hydroxylation is 2. The number of nitrogens with zero attached hydrogens (tertiary/aromatic N) is 1. The average molecular weight is 346 g/mol. The second-order valence-corrected chi connectivity index (χ2v) is 7.08. The zero-order valence-electron chi connectivity index (χ0n) is 13.1. The molecule has 0 amide bonds.